The molecule has 0 fully saturated rings. The zero-order valence-corrected chi connectivity index (χ0v) is 19.2. The first kappa shape index (κ1) is 23.8. The van der Waals surface area contributed by atoms with Gasteiger partial charge in [-0.15, -0.1) is 0 Å². The van der Waals surface area contributed by atoms with Gasteiger partial charge in [-0.25, -0.2) is 9.59 Å². The number of carboxylic acid groups (broad SMARTS) is 1. The van der Waals surface area contributed by atoms with Gasteiger partial charge in [0.1, 0.15) is 17.9 Å². The van der Waals surface area contributed by atoms with E-state index in [1.807, 2.05) is 24.3 Å². The van der Waals surface area contributed by atoms with Gasteiger partial charge in [0, 0.05) is 30.1 Å². The van der Waals surface area contributed by atoms with Crippen LogP contribution in [0.4, 0.5) is 10.5 Å². The van der Waals surface area contributed by atoms with Crippen LogP contribution < -0.4 is 10.6 Å². The first-order valence-corrected chi connectivity index (χ1v) is 11.3. The van der Waals surface area contributed by atoms with Gasteiger partial charge >= 0.3 is 12.1 Å². The molecule has 0 bridgehead atoms. The Morgan fingerprint density at radius 3 is 2.20 bits per heavy atom. The Hall–Kier alpha value is -4.33. The fraction of sp³-hybridized carbons (Fsp3) is 0.222. The number of benzene rings is 3. The van der Waals surface area contributed by atoms with Crippen LogP contribution in [0.3, 0.4) is 0 Å². The molecule has 1 aliphatic carbocycles. The van der Waals surface area contributed by atoms with Crippen LogP contribution in [0.1, 0.15) is 47.2 Å². The number of phenols is 1. The van der Waals surface area contributed by atoms with Crippen LogP contribution in [0.15, 0.2) is 66.7 Å². The molecule has 1 unspecified atom stereocenters. The fourth-order valence-electron chi connectivity index (χ4n) is 4.27. The minimum atomic E-state index is -1.26. The molecular weight excluding hydrogens is 448 g/mol. The summed E-state index contributed by atoms with van der Waals surface area (Å²) in [6, 6.07) is 19.7. The molecule has 8 nitrogen and oxygen atoms in total. The van der Waals surface area contributed by atoms with E-state index in [4.69, 9.17) is 9.84 Å². The molecule has 0 saturated carbocycles. The van der Waals surface area contributed by atoms with E-state index in [-0.39, 0.29) is 42.1 Å². The van der Waals surface area contributed by atoms with Gasteiger partial charge in [-0.05, 0) is 47.7 Å². The number of aromatic hydroxyl groups is 1. The van der Waals surface area contributed by atoms with Crippen molar-refractivity contribution >= 4 is 23.7 Å². The molecule has 35 heavy (non-hydrogen) atoms. The zero-order chi connectivity index (χ0) is 24.9. The third-order valence-corrected chi connectivity index (χ3v) is 6.02. The smallest absolute Gasteiger partial charge is 0.407 e. The number of anilines is 1. The summed E-state index contributed by atoms with van der Waals surface area (Å²) in [5, 5.41) is 24.0. The number of fused-ring (bicyclic) bond motifs is 3. The molecule has 4 rings (SSSR count). The van der Waals surface area contributed by atoms with Crippen molar-refractivity contribution in [1.29, 1.82) is 0 Å². The lowest BCUT2D eigenvalue weighted by molar-refractivity contribution is -0.116. The van der Waals surface area contributed by atoms with E-state index in [2.05, 4.69) is 34.9 Å². The number of carbonyl (C=O) groups excluding carboxylic acids is 2. The molecule has 0 spiro atoms. The minimum absolute atomic E-state index is 0.0295. The van der Waals surface area contributed by atoms with Gasteiger partial charge in [-0.1, -0.05) is 48.5 Å². The van der Waals surface area contributed by atoms with E-state index in [9.17, 15) is 19.5 Å². The van der Waals surface area contributed by atoms with Crippen LogP contribution in [0.2, 0.25) is 0 Å². The summed E-state index contributed by atoms with van der Waals surface area (Å²) in [6.45, 7) is 1.99. The average Bonchev–Trinajstić information content (AvgIpc) is 3.15. The predicted octanol–water partition coefficient (Wildman–Crippen LogP) is 4.74. The number of hydrogen-bond donors (Lipinski definition) is 4. The maximum atomic E-state index is 12.4. The maximum absolute atomic E-state index is 12.4. The predicted molar refractivity (Wildman–Crippen MR) is 131 cm³/mol. The van der Waals surface area contributed by atoms with Crippen LogP contribution in [0.5, 0.6) is 5.75 Å². The second-order valence-electron chi connectivity index (χ2n) is 8.49. The number of ether oxygens (including phenoxy) is 1. The highest BCUT2D eigenvalue weighted by Crippen LogP contribution is 2.44. The number of carbonyl (C=O) groups is 3. The van der Waals surface area contributed by atoms with Gasteiger partial charge in [-0.3, -0.25) is 4.79 Å². The van der Waals surface area contributed by atoms with Crippen LogP contribution in [0, 0.1) is 0 Å². The lowest BCUT2D eigenvalue weighted by Crippen LogP contribution is -2.34. The van der Waals surface area contributed by atoms with E-state index >= 15 is 0 Å². The molecule has 0 radical (unpaired) electrons. The number of carboxylic acids is 1. The zero-order valence-electron chi connectivity index (χ0n) is 19.2. The Kier molecular flexibility index (Phi) is 7.01. The normalized spacial score (nSPS) is 12.8. The van der Waals surface area contributed by atoms with Crippen LogP contribution in [-0.2, 0) is 9.53 Å². The van der Waals surface area contributed by atoms with E-state index in [1.165, 1.54) is 18.2 Å². The summed E-state index contributed by atoms with van der Waals surface area (Å²) in [7, 11) is 0. The van der Waals surface area contributed by atoms with Gasteiger partial charge in [0.2, 0.25) is 5.91 Å². The van der Waals surface area contributed by atoms with Gasteiger partial charge in [0.25, 0.3) is 0 Å². The SMILES string of the molecule is CC(CCC(=O)Nc1ccc(C(=O)O)c(O)c1)NC(=O)OCC1c2ccccc2-c2ccccc21. The Morgan fingerprint density at radius 2 is 1.60 bits per heavy atom. The van der Waals surface area contributed by atoms with Crippen LogP contribution in [0.25, 0.3) is 11.1 Å². The molecule has 0 aromatic heterocycles. The molecule has 3 aromatic rings. The number of amides is 2. The van der Waals surface area contributed by atoms with E-state index in [1.54, 1.807) is 6.92 Å². The highest BCUT2D eigenvalue weighted by Gasteiger charge is 2.29. The quantitative estimate of drug-likeness (QED) is 0.374. The molecule has 8 heteroatoms. The van der Waals surface area contributed by atoms with Crippen molar-refractivity contribution in [3.05, 3.63) is 83.4 Å². The van der Waals surface area contributed by atoms with Crippen LogP contribution >= 0.6 is 0 Å². The third-order valence-electron chi connectivity index (χ3n) is 6.02. The molecule has 0 saturated heterocycles. The summed E-state index contributed by atoms with van der Waals surface area (Å²) >= 11 is 0. The molecule has 1 atom stereocenters. The number of aromatic carboxylic acids is 1. The second kappa shape index (κ2) is 10.3. The van der Waals surface area contributed by atoms with Gasteiger partial charge < -0.3 is 25.6 Å². The standard InChI is InChI=1S/C27H26N2O6/c1-16(10-13-25(31)29-17-11-12-22(26(32)33)24(30)14-17)28-27(34)35-15-23-20-8-4-2-6-18(20)19-7-3-5-9-21(19)23/h2-9,11-12,14,16,23,30H,10,13,15H2,1H3,(H,28,34)(H,29,31)(H,32,33). The number of nitrogens with one attached hydrogen (secondary N) is 2. The molecular formula is C27H26N2O6. The summed E-state index contributed by atoms with van der Waals surface area (Å²) in [6.07, 6.45) is -0.0597. The van der Waals surface area contributed by atoms with E-state index < -0.39 is 17.8 Å². The number of hydrogen-bond acceptors (Lipinski definition) is 5. The van der Waals surface area contributed by atoms with Crippen LogP contribution in [-0.4, -0.2) is 40.8 Å². The van der Waals surface area contributed by atoms with Gasteiger partial charge in [0.15, 0.2) is 0 Å². The third kappa shape index (κ3) is 5.43. The highest BCUT2D eigenvalue weighted by atomic mass is 16.5. The van der Waals surface area contributed by atoms with Crippen molar-refractivity contribution in [2.24, 2.45) is 0 Å². The van der Waals surface area contributed by atoms with Crippen molar-refractivity contribution in [2.75, 3.05) is 11.9 Å². The average molecular weight is 475 g/mol. The first-order valence-electron chi connectivity index (χ1n) is 11.3. The van der Waals surface area contributed by atoms with Gasteiger partial charge in [-0.2, -0.15) is 0 Å². The molecule has 2 amide bonds. The summed E-state index contributed by atoms with van der Waals surface area (Å²) in [5.74, 6) is -2.04. The summed E-state index contributed by atoms with van der Waals surface area (Å²) in [4.78, 5) is 35.6. The Morgan fingerprint density at radius 1 is 0.971 bits per heavy atom. The van der Waals surface area contributed by atoms with E-state index in [0.29, 0.717) is 6.42 Å². The molecule has 4 N–H and O–H groups in total. The molecule has 0 aliphatic heterocycles. The summed E-state index contributed by atoms with van der Waals surface area (Å²) < 4.78 is 5.53. The Balaban J connectivity index is 1.25. The number of alkyl carbamates (subject to hydrolysis) is 1. The van der Waals surface area contributed by atoms with Crippen molar-refractivity contribution in [3.8, 4) is 16.9 Å². The fourth-order valence-corrected chi connectivity index (χ4v) is 4.27. The topological polar surface area (TPSA) is 125 Å². The molecule has 180 valence electrons. The van der Waals surface area contributed by atoms with Crippen molar-refractivity contribution in [2.45, 2.75) is 31.7 Å². The summed E-state index contributed by atoms with van der Waals surface area (Å²) in [5.41, 5.74) is 4.62. The van der Waals surface area contributed by atoms with Crippen molar-refractivity contribution in [3.63, 3.8) is 0 Å². The van der Waals surface area contributed by atoms with Crippen molar-refractivity contribution < 1.29 is 29.3 Å². The Bertz CT molecular complexity index is 1230. The Labute approximate surface area is 202 Å². The van der Waals surface area contributed by atoms with Crippen molar-refractivity contribution in [1.82, 2.24) is 5.32 Å². The largest absolute Gasteiger partial charge is 0.507 e. The number of rotatable bonds is 8. The lowest BCUT2D eigenvalue weighted by Gasteiger charge is -2.17. The van der Waals surface area contributed by atoms with Gasteiger partial charge in [0.05, 0.1) is 0 Å². The molecule has 0 heterocycles. The van der Waals surface area contributed by atoms with E-state index in [0.717, 1.165) is 22.3 Å². The lowest BCUT2D eigenvalue weighted by atomic mass is 9.98. The maximum Gasteiger partial charge on any atom is 0.407 e. The monoisotopic (exact) mass is 474 g/mol. The minimum Gasteiger partial charge on any atom is -0.507 e. The first-order chi connectivity index (χ1) is 16.8. The highest BCUT2D eigenvalue weighted by molar-refractivity contribution is 5.94. The molecule has 3 aromatic carbocycles. The molecule has 1 aliphatic rings. The second-order valence-corrected chi connectivity index (χ2v) is 8.49.